The quantitative estimate of drug-likeness (QED) is 0.657. The summed E-state index contributed by atoms with van der Waals surface area (Å²) in [6, 6.07) is 2.64. The molecule has 0 bridgehead atoms. The van der Waals surface area contributed by atoms with Gasteiger partial charge in [-0.1, -0.05) is 0 Å². The van der Waals surface area contributed by atoms with Gasteiger partial charge < -0.3 is 0 Å². The minimum atomic E-state index is -0.894. The molecule has 0 unspecified atom stereocenters. The Bertz CT molecular complexity index is 634. The van der Waals surface area contributed by atoms with Gasteiger partial charge >= 0.3 is 0 Å². The number of amides is 1. The molecule has 1 heterocycles. The standard InChI is InChI=1S/C10H6FN5O3/c11-8-2-1-6(16(18)19)5-7(8)9(17)14-10-12-3-4-13-15-10/h1-5H,(H,12,14,15,17). The normalized spacial score (nSPS) is 9.95. The van der Waals surface area contributed by atoms with Crippen LogP contribution in [-0.4, -0.2) is 26.0 Å². The summed E-state index contributed by atoms with van der Waals surface area (Å²) in [7, 11) is 0. The topological polar surface area (TPSA) is 111 Å². The number of halogens is 1. The summed E-state index contributed by atoms with van der Waals surface area (Å²) in [5, 5.41) is 19.7. The molecule has 0 saturated heterocycles. The Labute approximate surface area is 105 Å². The molecule has 8 nitrogen and oxygen atoms in total. The lowest BCUT2D eigenvalue weighted by atomic mass is 10.2. The first-order valence-electron chi connectivity index (χ1n) is 4.97. The maximum Gasteiger partial charge on any atom is 0.270 e. The fraction of sp³-hybridized carbons (Fsp3) is 0. The second-order valence-electron chi connectivity index (χ2n) is 3.34. The van der Waals surface area contributed by atoms with Gasteiger partial charge in [-0.15, -0.1) is 5.10 Å². The minimum absolute atomic E-state index is 0.126. The summed E-state index contributed by atoms with van der Waals surface area (Å²) in [5.74, 6) is -1.90. The number of nitro benzene ring substituents is 1. The number of rotatable bonds is 3. The van der Waals surface area contributed by atoms with Crippen molar-refractivity contribution >= 4 is 17.5 Å². The molecule has 0 aliphatic heterocycles. The van der Waals surface area contributed by atoms with E-state index in [4.69, 9.17) is 0 Å². The summed E-state index contributed by atoms with van der Waals surface area (Å²) in [6.45, 7) is 0. The van der Waals surface area contributed by atoms with Crippen LogP contribution < -0.4 is 5.32 Å². The van der Waals surface area contributed by atoms with E-state index in [0.717, 1.165) is 18.2 Å². The number of nitrogens with zero attached hydrogens (tertiary/aromatic N) is 4. The van der Waals surface area contributed by atoms with E-state index in [9.17, 15) is 19.3 Å². The third-order valence-electron chi connectivity index (χ3n) is 2.11. The number of benzene rings is 1. The maximum atomic E-state index is 13.4. The number of hydrogen-bond acceptors (Lipinski definition) is 6. The van der Waals surface area contributed by atoms with E-state index in [1.54, 1.807) is 0 Å². The molecule has 0 spiro atoms. The van der Waals surface area contributed by atoms with E-state index < -0.39 is 27.9 Å². The van der Waals surface area contributed by atoms with Crippen molar-refractivity contribution in [2.75, 3.05) is 5.32 Å². The Morgan fingerprint density at radius 1 is 1.37 bits per heavy atom. The molecule has 0 saturated carbocycles. The third kappa shape index (κ3) is 2.83. The van der Waals surface area contributed by atoms with E-state index >= 15 is 0 Å². The van der Waals surface area contributed by atoms with E-state index in [-0.39, 0.29) is 5.95 Å². The van der Waals surface area contributed by atoms with Crippen LogP contribution in [0.3, 0.4) is 0 Å². The van der Waals surface area contributed by atoms with Crippen molar-refractivity contribution in [2.45, 2.75) is 0 Å². The molecule has 0 atom stereocenters. The van der Waals surface area contributed by atoms with Gasteiger partial charge in [0.1, 0.15) is 5.82 Å². The largest absolute Gasteiger partial charge is 0.289 e. The highest BCUT2D eigenvalue weighted by atomic mass is 19.1. The van der Waals surface area contributed by atoms with E-state index in [0.29, 0.717) is 0 Å². The van der Waals surface area contributed by atoms with Gasteiger partial charge in [0.15, 0.2) is 0 Å². The van der Waals surface area contributed by atoms with Gasteiger partial charge in [-0.2, -0.15) is 5.10 Å². The molecule has 1 amide bonds. The molecule has 0 aliphatic carbocycles. The first-order chi connectivity index (χ1) is 9.08. The van der Waals surface area contributed by atoms with Crippen LogP contribution in [0.2, 0.25) is 0 Å². The van der Waals surface area contributed by atoms with Crippen molar-refractivity contribution < 1.29 is 14.1 Å². The lowest BCUT2D eigenvalue weighted by Gasteiger charge is -2.03. The van der Waals surface area contributed by atoms with Crippen LogP contribution >= 0.6 is 0 Å². The first kappa shape index (κ1) is 12.5. The third-order valence-corrected chi connectivity index (χ3v) is 2.11. The molecule has 1 N–H and O–H groups in total. The molecule has 96 valence electrons. The van der Waals surface area contributed by atoms with E-state index in [1.165, 1.54) is 12.4 Å². The Morgan fingerprint density at radius 3 is 2.79 bits per heavy atom. The fourth-order valence-electron chi connectivity index (χ4n) is 1.27. The number of nitrogens with one attached hydrogen (secondary N) is 1. The van der Waals surface area contributed by atoms with Crippen LogP contribution in [0.25, 0.3) is 0 Å². The van der Waals surface area contributed by atoms with Crippen LogP contribution in [0, 0.1) is 15.9 Å². The van der Waals surface area contributed by atoms with Crippen LogP contribution in [0.15, 0.2) is 30.6 Å². The molecule has 0 fully saturated rings. The van der Waals surface area contributed by atoms with Crippen molar-refractivity contribution in [1.82, 2.24) is 15.2 Å². The summed E-state index contributed by atoms with van der Waals surface area (Å²) in [4.78, 5) is 25.2. The zero-order valence-corrected chi connectivity index (χ0v) is 9.28. The van der Waals surface area contributed by atoms with Crippen LogP contribution in [-0.2, 0) is 0 Å². The molecule has 1 aromatic carbocycles. The molecule has 19 heavy (non-hydrogen) atoms. The minimum Gasteiger partial charge on any atom is -0.289 e. The second-order valence-corrected chi connectivity index (χ2v) is 3.34. The predicted molar refractivity (Wildman–Crippen MR) is 60.8 cm³/mol. The lowest BCUT2D eigenvalue weighted by Crippen LogP contribution is -2.16. The average molecular weight is 263 g/mol. The molecule has 1 aromatic heterocycles. The zero-order chi connectivity index (χ0) is 13.8. The first-order valence-corrected chi connectivity index (χ1v) is 4.97. The number of aromatic nitrogens is 3. The fourth-order valence-corrected chi connectivity index (χ4v) is 1.27. The zero-order valence-electron chi connectivity index (χ0n) is 9.28. The highest BCUT2D eigenvalue weighted by molar-refractivity contribution is 6.03. The number of nitro groups is 1. The predicted octanol–water partition coefficient (Wildman–Crippen LogP) is 1.17. The summed E-state index contributed by atoms with van der Waals surface area (Å²) >= 11 is 0. The maximum absolute atomic E-state index is 13.4. The van der Waals surface area contributed by atoms with Gasteiger partial charge in [0.2, 0.25) is 5.95 Å². The SMILES string of the molecule is O=C(Nc1nccnn1)c1cc([N+](=O)[O-])ccc1F. The lowest BCUT2D eigenvalue weighted by molar-refractivity contribution is -0.384. The van der Waals surface area contributed by atoms with Gasteiger partial charge in [0.25, 0.3) is 11.6 Å². The van der Waals surface area contributed by atoms with E-state index in [1.807, 2.05) is 0 Å². The van der Waals surface area contributed by atoms with Crippen LogP contribution in [0.5, 0.6) is 0 Å². The van der Waals surface area contributed by atoms with Gasteiger partial charge in [-0.25, -0.2) is 9.37 Å². The molecular formula is C10H6FN5O3. The van der Waals surface area contributed by atoms with Crippen LogP contribution in [0.1, 0.15) is 10.4 Å². The Morgan fingerprint density at radius 2 is 2.16 bits per heavy atom. The summed E-state index contributed by atoms with van der Waals surface area (Å²) in [5.41, 5.74) is -0.861. The van der Waals surface area contributed by atoms with Crippen molar-refractivity contribution in [3.8, 4) is 0 Å². The number of anilines is 1. The van der Waals surface area contributed by atoms with Crippen molar-refractivity contribution in [3.05, 3.63) is 52.1 Å². The smallest absolute Gasteiger partial charge is 0.270 e. The highest BCUT2D eigenvalue weighted by Gasteiger charge is 2.17. The molecule has 0 aliphatic rings. The summed E-state index contributed by atoms with van der Waals surface area (Å²) in [6.07, 6.45) is 2.58. The Kier molecular flexibility index (Phi) is 3.37. The Hall–Kier alpha value is -2.97. The van der Waals surface area contributed by atoms with E-state index in [2.05, 4.69) is 20.5 Å². The summed E-state index contributed by atoms with van der Waals surface area (Å²) < 4.78 is 13.4. The second kappa shape index (κ2) is 5.12. The van der Waals surface area contributed by atoms with Crippen LogP contribution in [0.4, 0.5) is 16.0 Å². The monoisotopic (exact) mass is 263 g/mol. The molecular weight excluding hydrogens is 257 g/mol. The van der Waals surface area contributed by atoms with Gasteiger partial charge in [-0.3, -0.25) is 20.2 Å². The number of carbonyl (C=O) groups excluding carboxylic acids is 1. The van der Waals surface area contributed by atoms with Crippen molar-refractivity contribution in [2.24, 2.45) is 0 Å². The van der Waals surface area contributed by atoms with Gasteiger partial charge in [-0.05, 0) is 6.07 Å². The number of non-ortho nitro benzene ring substituents is 1. The highest BCUT2D eigenvalue weighted by Crippen LogP contribution is 2.17. The Balaban J connectivity index is 2.28. The molecule has 0 radical (unpaired) electrons. The van der Waals surface area contributed by atoms with Gasteiger partial charge in [0.05, 0.1) is 22.9 Å². The molecule has 2 aromatic rings. The number of carbonyl (C=O) groups is 1. The van der Waals surface area contributed by atoms with Crippen molar-refractivity contribution in [3.63, 3.8) is 0 Å². The average Bonchev–Trinajstić information content (AvgIpc) is 2.40. The number of hydrogen-bond donors (Lipinski definition) is 1. The van der Waals surface area contributed by atoms with Gasteiger partial charge in [0, 0.05) is 12.1 Å². The van der Waals surface area contributed by atoms with Crippen molar-refractivity contribution in [1.29, 1.82) is 0 Å². The molecule has 9 heteroatoms. The molecule has 2 rings (SSSR count).